The average Bonchev–Trinajstić information content (AvgIpc) is 2.89. The van der Waals surface area contributed by atoms with E-state index in [0.717, 1.165) is 4.70 Å². The second kappa shape index (κ2) is 4.20. The van der Waals surface area contributed by atoms with Gasteiger partial charge in [0, 0.05) is 0 Å². The molecule has 7 heteroatoms. The molecule has 98 valence electrons. The van der Waals surface area contributed by atoms with E-state index in [4.69, 9.17) is 4.74 Å². The van der Waals surface area contributed by atoms with Crippen LogP contribution in [-0.4, -0.2) is 22.9 Å². The number of benzene rings is 1. The van der Waals surface area contributed by atoms with Crippen molar-refractivity contribution in [3.05, 3.63) is 28.6 Å². The monoisotopic (exact) mass is 278 g/mol. The summed E-state index contributed by atoms with van der Waals surface area (Å²) in [4.78, 5) is 35.0. The van der Waals surface area contributed by atoms with Crippen LogP contribution in [0.3, 0.4) is 0 Å². The van der Waals surface area contributed by atoms with Crippen LogP contribution >= 0.6 is 11.5 Å². The molecule has 2 heterocycles. The highest BCUT2D eigenvalue weighted by Crippen LogP contribution is 2.26. The fraction of sp³-hybridized carbons (Fsp3) is 0.250. The van der Waals surface area contributed by atoms with Gasteiger partial charge in [-0.3, -0.25) is 19.7 Å². The highest BCUT2D eigenvalue weighted by atomic mass is 32.1. The van der Waals surface area contributed by atoms with Crippen molar-refractivity contribution in [2.24, 2.45) is 0 Å². The minimum absolute atomic E-state index is 0.0166. The van der Waals surface area contributed by atoms with Crippen molar-refractivity contribution in [3.63, 3.8) is 0 Å². The van der Waals surface area contributed by atoms with Gasteiger partial charge in [-0.25, -0.2) is 3.96 Å². The second-order valence-electron chi connectivity index (χ2n) is 4.22. The molecule has 1 unspecified atom stereocenters. The molecule has 6 nitrogen and oxygen atoms in total. The standard InChI is InChI=1S/C12H10N2O4S/c1-18-6-2-3-7-9(4-6)19-14(12(7)17)8-5-10(15)13-11(8)16/h2-4,8H,5H2,1H3,(H,13,15,16). The molecule has 0 spiro atoms. The highest BCUT2D eigenvalue weighted by Gasteiger charge is 2.34. The summed E-state index contributed by atoms with van der Waals surface area (Å²) in [6.07, 6.45) is 0.0166. The number of methoxy groups -OCH3 is 1. The Morgan fingerprint density at radius 2 is 2.16 bits per heavy atom. The van der Waals surface area contributed by atoms with Gasteiger partial charge in [0.1, 0.15) is 11.8 Å². The van der Waals surface area contributed by atoms with Crippen LogP contribution in [0, 0.1) is 0 Å². The number of hydrogen-bond acceptors (Lipinski definition) is 5. The zero-order valence-electron chi connectivity index (χ0n) is 10.0. The van der Waals surface area contributed by atoms with Crippen LogP contribution in [0.2, 0.25) is 0 Å². The molecule has 1 aliphatic rings. The summed E-state index contributed by atoms with van der Waals surface area (Å²) < 4.78 is 7.18. The number of nitrogens with zero attached hydrogens (tertiary/aromatic N) is 1. The number of fused-ring (bicyclic) bond motifs is 1. The van der Waals surface area contributed by atoms with Crippen LogP contribution in [0.15, 0.2) is 23.0 Å². The van der Waals surface area contributed by atoms with Crippen molar-refractivity contribution in [2.75, 3.05) is 7.11 Å². The number of carbonyl (C=O) groups is 2. The average molecular weight is 278 g/mol. The predicted octanol–water partition coefficient (Wildman–Crippen LogP) is 0.659. The lowest BCUT2D eigenvalue weighted by molar-refractivity contribution is -0.125. The number of aromatic nitrogens is 1. The topological polar surface area (TPSA) is 77.4 Å². The summed E-state index contributed by atoms with van der Waals surface area (Å²) in [6.45, 7) is 0. The van der Waals surface area contributed by atoms with E-state index in [-0.39, 0.29) is 17.9 Å². The van der Waals surface area contributed by atoms with Crippen LogP contribution in [0.25, 0.3) is 10.1 Å². The first-order valence-electron chi connectivity index (χ1n) is 5.63. The summed E-state index contributed by atoms with van der Waals surface area (Å²) in [6, 6.07) is 4.37. The molecule has 3 rings (SSSR count). The van der Waals surface area contributed by atoms with E-state index in [1.54, 1.807) is 25.3 Å². The Kier molecular flexibility index (Phi) is 2.63. The van der Waals surface area contributed by atoms with E-state index in [1.807, 2.05) is 0 Å². The number of hydrogen-bond donors (Lipinski definition) is 1. The Morgan fingerprint density at radius 3 is 2.79 bits per heavy atom. The molecule has 2 amide bonds. The van der Waals surface area contributed by atoms with Gasteiger partial charge in [-0.2, -0.15) is 0 Å². The summed E-state index contributed by atoms with van der Waals surface area (Å²) in [5.74, 6) is -0.129. The smallest absolute Gasteiger partial charge is 0.269 e. The third-order valence-corrected chi connectivity index (χ3v) is 4.19. The van der Waals surface area contributed by atoms with Crippen LogP contribution in [0.1, 0.15) is 12.5 Å². The third kappa shape index (κ3) is 1.82. The fourth-order valence-corrected chi connectivity index (χ4v) is 3.20. The Hall–Kier alpha value is -2.15. The lowest BCUT2D eigenvalue weighted by atomic mass is 10.2. The van der Waals surface area contributed by atoms with Gasteiger partial charge in [-0.15, -0.1) is 0 Å². The number of carbonyl (C=O) groups excluding carboxylic acids is 2. The van der Waals surface area contributed by atoms with Crippen molar-refractivity contribution in [2.45, 2.75) is 12.5 Å². The molecule has 1 aliphatic heterocycles. The summed E-state index contributed by atoms with van der Waals surface area (Å²) in [7, 11) is 1.55. The minimum Gasteiger partial charge on any atom is -0.497 e. The van der Waals surface area contributed by atoms with Gasteiger partial charge >= 0.3 is 0 Å². The van der Waals surface area contributed by atoms with Gasteiger partial charge in [0.05, 0.1) is 23.6 Å². The van der Waals surface area contributed by atoms with E-state index in [9.17, 15) is 14.4 Å². The maximum atomic E-state index is 12.2. The molecule has 1 aromatic carbocycles. The maximum Gasteiger partial charge on any atom is 0.269 e. The Balaban J connectivity index is 2.15. The van der Waals surface area contributed by atoms with Crippen molar-refractivity contribution < 1.29 is 14.3 Å². The lowest BCUT2D eigenvalue weighted by Gasteiger charge is -2.03. The van der Waals surface area contributed by atoms with Crippen molar-refractivity contribution in [1.29, 1.82) is 0 Å². The molecule has 1 fully saturated rings. The SMILES string of the molecule is COc1ccc2c(=O)n(C3CC(=O)NC3=O)sc2c1. The van der Waals surface area contributed by atoms with Gasteiger partial charge in [0.15, 0.2) is 0 Å². The number of ether oxygens (including phenoxy) is 1. The first kappa shape index (κ1) is 11.9. The summed E-state index contributed by atoms with van der Waals surface area (Å²) >= 11 is 1.17. The van der Waals surface area contributed by atoms with Crippen molar-refractivity contribution >= 4 is 33.4 Å². The first-order valence-corrected chi connectivity index (χ1v) is 6.41. The van der Waals surface area contributed by atoms with Crippen LogP contribution in [-0.2, 0) is 9.59 Å². The van der Waals surface area contributed by atoms with Gasteiger partial charge in [-0.1, -0.05) is 11.5 Å². The number of rotatable bonds is 2. The molecular weight excluding hydrogens is 268 g/mol. The molecule has 0 aliphatic carbocycles. The van der Waals surface area contributed by atoms with Gasteiger partial charge < -0.3 is 4.74 Å². The van der Waals surface area contributed by atoms with Crippen LogP contribution < -0.4 is 15.6 Å². The summed E-state index contributed by atoms with van der Waals surface area (Å²) in [5.41, 5.74) is -0.252. The molecule has 1 atom stereocenters. The minimum atomic E-state index is -0.733. The Labute approximate surface area is 111 Å². The zero-order valence-corrected chi connectivity index (χ0v) is 10.8. The molecule has 0 saturated carbocycles. The van der Waals surface area contributed by atoms with Gasteiger partial charge in [-0.05, 0) is 18.2 Å². The Morgan fingerprint density at radius 1 is 1.37 bits per heavy atom. The largest absolute Gasteiger partial charge is 0.497 e. The maximum absolute atomic E-state index is 12.2. The van der Waals surface area contributed by atoms with E-state index in [1.165, 1.54) is 15.5 Å². The van der Waals surface area contributed by atoms with Crippen molar-refractivity contribution in [3.8, 4) is 5.75 Å². The summed E-state index contributed by atoms with van der Waals surface area (Å²) in [5, 5.41) is 2.73. The van der Waals surface area contributed by atoms with Crippen LogP contribution in [0.5, 0.6) is 5.75 Å². The van der Waals surface area contributed by atoms with Crippen molar-refractivity contribution in [1.82, 2.24) is 9.27 Å². The van der Waals surface area contributed by atoms with E-state index < -0.39 is 11.9 Å². The third-order valence-electron chi connectivity index (χ3n) is 3.04. The first-order chi connectivity index (χ1) is 9.10. The number of imide groups is 1. The molecule has 0 bridgehead atoms. The second-order valence-corrected chi connectivity index (χ2v) is 5.23. The lowest BCUT2D eigenvalue weighted by Crippen LogP contribution is -2.27. The molecular formula is C12H10N2O4S. The molecule has 2 aromatic rings. The van der Waals surface area contributed by atoms with Gasteiger partial charge in [0.2, 0.25) is 5.91 Å². The van der Waals surface area contributed by atoms with Gasteiger partial charge in [0.25, 0.3) is 11.5 Å². The predicted molar refractivity (Wildman–Crippen MR) is 69.4 cm³/mol. The zero-order chi connectivity index (χ0) is 13.6. The van der Waals surface area contributed by atoms with E-state index in [2.05, 4.69) is 5.32 Å². The number of nitrogens with one attached hydrogen (secondary N) is 1. The Bertz CT molecular complexity index is 746. The van der Waals surface area contributed by atoms with E-state index >= 15 is 0 Å². The van der Waals surface area contributed by atoms with E-state index in [0.29, 0.717) is 11.1 Å². The molecule has 19 heavy (non-hydrogen) atoms. The molecule has 1 N–H and O–H groups in total. The quantitative estimate of drug-likeness (QED) is 0.819. The molecule has 1 aromatic heterocycles. The highest BCUT2D eigenvalue weighted by molar-refractivity contribution is 7.14. The number of amides is 2. The van der Waals surface area contributed by atoms with Crippen LogP contribution in [0.4, 0.5) is 0 Å². The molecule has 1 saturated heterocycles. The molecule has 0 radical (unpaired) electrons. The normalized spacial score (nSPS) is 18.9. The fourth-order valence-electron chi connectivity index (χ4n) is 2.08.